The number of H-pyrrole nitrogens is 1. The Bertz CT molecular complexity index is 386. The van der Waals surface area contributed by atoms with E-state index in [1.165, 1.54) is 4.57 Å². The van der Waals surface area contributed by atoms with Gasteiger partial charge in [-0.3, -0.25) is 9.36 Å². The molecule has 0 bridgehead atoms. The van der Waals surface area contributed by atoms with Crippen molar-refractivity contribution in [3.63, 3.8) is 0 Å². The Hall–Kier alpha value is -1.28. The summed E-state index contributed by atoms with van der Waals surface area (Å²) in [6, 6.07) is 0. The number of hydrogen-bond donors (Lipinski definition) is 3. The van der Waals surface area contributed by atoms with Gasteiger partial charge in [-0.2, -0.15) is 0 Å². The van der Waals surface area contributed by atoms with Gasteiger partial charge in [0.1, 0.15) is 0 Å². The molecule has 0 radical (unpaired) electrons. The number of amides is 1. The molecular weight excluding hydrogens is 220 g/mol. The van der Waals surface area contributed by atoms with Gasteiger partial charge in [-0.1, -0.05) is 11.8 Å². The second-order valence-corrected chi connectivity index (χ2v) is 3.68. The molecule has 0 saturated carbocycles. The number of carbonyl (C=O) groups is 1. The molecule has 84 valence electrons. The van der Waals surface area contributed by atoms with Crippen LogP contribution in [0.2, 0.25) is 0 Å². The average Bonchev–Trinajstić information content (AvgIpc) is 2.54. The van der Waals surface area contributed by atoms with Gasteiger partial charge in [0, 0.05) is 13.6 Å². The maximum atomic E-state index is 11.1. The number of hydrogen-bond acceptors (Lipinski definition) is 5. The lowest BCUT2D eigenvalue weighted by Crippen LogP contribution is -2.28. The Morgan fingerprint density at radius 2 is 2.47 bits per heavy atom. The standard InChI is InChI=1S/C7H12N4O3S/c1-11-6(14)9-10-7(11)15-4-5(13)8-2-3-12/h12H,2-4H2,1H3,(H,8,13)(H,9,14). The van der Waals surface area contributed by atoms with Gasteiger partial charge in [-0.15, -0.1) is 5.10 Å². The van der Waals surface area contributed by atoms with Crippen molar-refractivity contribution in [2.45, 2.75) is 5.16 Å². The number of nitrogens with one attached hydrogen (secondary N) is 2. The second kappa shape index (κ2) is 5.56. The summed E-state index contributed by atoms with van der Waals surface area (Å²) in [6.07, 6.45) is 0. The van der Waals surface area contributed by atoms with Crippen LogP contribution in [0.4, 0.5) is 0 Å². The molecular formula is C7H12N4O3S. The summed E-state index contributed by atoms with van der Waals surface area (Å²) < 4.78 is 1.32. The van der Waals surface area contributed by atoms with Crippen LogP contribution in [-0.2, 0) is 11.8 Å². The van der Waals surface area contributed by atoms with Crippen molar-refractivity contribution >= 4 is 17.7 Å². The molecule has 1 heterocycles. The molecule has 0 aromatic carbocycles. The van der Waals surface area contributed by atoms with Crippen LogP contribution in [0, 0.1) is 0 Å². The lowest BCUT2D eigenvalue weighted by Gasteiger charge is -2.01. The summed E-state index contributed by atoms with van der Waals surface area (Å²) in [5, 5.41) is 17.4. The number of carbonyl (C=O) groups excluding carboxylic acids is 1. The Kier molecular flexibility index (Phi) is 4.37. The van der Waals surface area contributed by atoms with Gasteiger partial charge in [0.25, 0.3) is 0 Å². The third-order valence-corrected chi connectivity index (χ3v) is 2.63. The zero-order chi connectivity index (χ0) is 11.3. The first kappa shape index (κ1) is 11.8. The minimum absolute atomic E-state index is 0.0860. The third-order valence-electron chi connectivity index (χ3n) is 1.61. The molecule has 1 amide bonds. The van der Waals surface area contributed by atoms with Crippen molar-refractivity contribution in [1.29, 1.82) is 0 Å². The molecule has 0 fully saturated rings. The number of thioether (sulfide) groups is 1. The van der Waals surface area contributed by atoms with Crippen molar-refractivity contribution in [1.82, 2.24) is 20.1 Å². The van der Waals surface area contributed by atoms with E-state index in [0.29, 0.717) is 5.16 Å². The minimum Gasteiger partial charge on any atom is -0.395 e. The zero-order valence-electron chi connectivity index (χ0n) is 8.19. The van der Waals surface area contributed by atoms with E-state index in [-0.39, 0.29) is 30.5 Å². The van der Waals surface area contributed by atoms with E-state index in [4.69, 9.17) is 5.11 Å². The normalized spacial score (nSPS) is 10.3. The molecule has 1 rings (SSSR count). The van der Waals surface area contributed by atoms with Gasteiger partial charge in [-0.05, 0) is 0 Å². The molecule has 1 aromatic heterocycles. The highest BCUT2D eigenvalue weighted by atomic mass is 32.2. The number of aliphatic hydroxyl groups is 1. The van der Waals surface area contributed by atoms with Crippen molar-refractivity contribution in [3.8, 4) is 0 Å². The SMILES string of the molecule is Cn1c(SCC(=O)NCCO)n[nH]c1=O. The summed E-state index contributed by atoms with van der Waals surface area (Å²) >= 11 is 1.15. The molecule has 7 nitrogen and oxygen atoms in total. The Morgan fingerprint density at radius 3 is 3.00 bits per heavy atom. The number of aliphatic hydroxyl groups excluding tert-OH is 1. The fourth-order valence-corrected chi connectivity index (χ4v) is 1.59. The van der Waals surface area contributed by atoms with E-state index >= 15 is 0 Å². The van der Waals surface area contributed by atoms with Crippen molar-refractivity contribution in [2.24, 2.45) is 7.05 Å². The highest BCUT2D eigenvalue weighted by Crippen LogP contribution is 2.10. The summed E-state index contributed by atoms with van der Waals surface area (Å²) in [4.78, 5) is 22.1. The maximum absolute atomic E-state index is 11.1. The maximum Gasteiger partial charge on any atom is 0.343 e. The number of rotatable bonds is 5. The van der Waals surface area contributed by atoms with Crippen LogP contribution in [0.3, 0.4) is 0 Å². The summed E-state index contributed by atoms with van der Waals surface area (Å²) in [6.45, 7) is 0.149. The molecule has 1 aromatic rings. The number of aromatic nitrogens is 3. The highest BCUT2D eigenvalue weighted by Gasteiger charge is 2.07. The van der Waals surface area contributed by atoms with E-state index in [1.54, 1.807) is 7.05 Å². The van der Waals surface area contributed by atoms with Crippen LogP contribution in [0.5, 0.6) is 0 Å². The van der Waals surface area contributed by atoms with E-state index in [9.17, 15) is 9.59 Å². The first-order chi connectivity index (χ1) is 7.15. The fraction of sp³-hybridized carbons (Fsp3) is 0.571. The third kappa shape index (κ3) is 3.40. The lowest BCUT2D eigenvalue weighted by molar-refractivity contribution is -0.118. The van der Waals surface area contributed by atoms with E-state index in [2.05, 4.69) is 15.5 Å². The van der Waals surface area contributed by atoms with Gasteiger partial charge in [-0.25, -0.2) is 9.89 Å². The van der Waals surface area contributed by atoms with E-state index in [1.807, 2.05) is 0 Å². The predicted octanol–water partition coefficient (Wildman–Crippen LogP) is -1.69. The number of aromatic amines is 1. The molecule has 15 heavy (non-hydrogen) atoms. The van der Waals surface area contributed by atoms with Crippen LogP contribution in [-0.4, -0.2) is 44.7 Å². The van der Waals surface area contributed by atoms with Gasteiger partial charge in [0.05, 0.1) is 12.4 Å². The van der Waals surface area contributed by atoms with Crippen LogP contribution in [0.1, 0.15) is 0 Å². The molecule has 0 aliphatic heterocycles. The minimum atomic E-state index is -0.312. The quantitative estimate of drug-likeness (QED) is 0.526. The van der Waals surface area contributed by atoms with Crippen molar-refractivity contribution < 1.29 is 9.90 Å². The molecule has 0 aliphatic rings. The highest BCUT2D eigenvalue weighted by molar-refractivity contribution is 7.99. The zero-order valence-corrected chi connectivity index (χ0v) is 9.00. The van der Waals surface area contributed by atoms with Crippen LogP contribution in [0.25, 0.3) is 0 Å². The largest absolute Gasteiger partial charge is 0.395 e. The molecule has 0 atom stereocenters. The molecule has 8 heteroatoms. The molecule has 3 N–H and O–H groups in total. The smallest absolute Gasteiger partial charge is 0.343 e. The Morgan fingerprint density at radius 1 is 1.73 bits per heavy atom. The monoisotopic (exact) mass is 232 g/mol. The summed E-state index contributed by atoms with van der Waals surface area (Å²) in [7, 11) is 1.57. The Balaban J connectivity index is 2.40. The van der Waals surface area contributed by atoms with Gasteiger partial charge in [0.15, 0.2) is 5.16 Å². The molecule has 0 saturated heterocycles. The second-order valence-electron chi connectivity index (χ2n) is 2.73. The fourth-order valence-electron chi connectivity index (χ4n) is 0.838. The van der Waals surface area contributed by atoms with Crippen LogP contribution < -0.4 is 11.0 Å². The predicted molar refractivity (Wildman–Crippen MR) is 54.6 cm³/mol. The van der Waals surface area contributed by atoms with Crippen molar-refractivity contribution in [2.75, 3.05) is 18.9 Å². The topological polar surface area (TPSA) is 100 Å². The van der Waals surface area contributed by atoms with Gasteiger partial charge < -0.3 is 10.4 Å². The van der Waals surface area contributed by atoms with Gasteiger partial charge in [0.2, 0.25) is 5.91 Å². The average molecular weight is 232 g/mol. The van der Waals surface area contributed by atoms with Gasteiger partial charge >= 0.3 is 5.69 Å². The molecule has 0 aliphatic carbocycles. The number of nitrogens with zero attached hydrogens (tertiary/aromatic N) is 2. The molecule has 0 spiro atoms. The van der Waals surface area contributed by atoms with Crippen LogP contribution >= 0.6 is 11.8 Å². The summed E-state index contributed by atoms with van der Waals surface area (Å²) in [5.74, 6) is -0.0394. The van der Waals surface area contributed by atoms with E-state index in [0.717, 1.165) is 11.8 Å². The van der Waals surface area contributed by atoms with Crippen LogP contribution in [0.15, 0.2) is 9.95 Å². The molecule has 0 unspecified atom stereocenters. The first-order valence-electron chi connectivity index (χ1n) is 4.27. The van der Waals surface area contributed by atoms with E-state index < -0.39 is 0 Å². The Labute approximate surface area is 89.9 Å². The summed E-state index contributed by atoms with van der Waals surface area (Å²) in [5.41, 5.74) is -0.312. The lowest BCUT2D eigenvalue weighted by atomic mass is 10.6. The van der Waals surface area contributed by atoms with Crippen molar-refractivity contribution in [3.05, 3.63) is 10.5 Å². The first-order valence-corrected chi connectivity index (χ1v) is 5.25.